The molecule has 3 nitrogen and oxygen atoms in total. The molecule has 2 aromatic heterocycles. The molecule has 4 heteroatoms. The third kappa shape index (κ3) is 2.17. The molecule has 0 aliphatic rings. The Kier molecular flexibility index (Phi) is 3.41. The molecule has 1 unspecified atom stereocenters. The summed E-state index contributed by atoms with van der Waals surface area (Å²) < 4.78 is 2.13. The lowest BCUT2D eigenvalue weighted by Crippen LogP contribution is -2.11. The van der Waals surface area contributed by atoms with Crippen molar-refractivity contribution in [2.45, 2.75) is 13.0 Å². The van der Waals surface area contributed by atoms with Crippen molar-refractivity contribution in [3.05, 3.63) is 47.4 Å². The smallest absolute Gasteiger partial charge is 0.203 e. The molecule has 16 heavy (non-hydrogen) atoms. The fourth-order valence-corrected chi connectivity index (χ4v) is 2.35. The number of imidazole rings is 1. The standard InChI is InChI=1S/C12H15N3S/c1-3-5-13-12-14-6-7-15(12)10(2)11-4-8-16-9-11/h3-4,6-10H,1,5H2,2H3,(H,13,14). The lowest BCUT2D eigenvalue weighted by molar-refractivity contribution is 0.647. The molecule has 0 saturated carbocycles. The summed E-state index contributed by atoms with van der Waals surface area (Å²) in [6.07, 6.45) is 5.64. The van der Waals surface area contributed by atoms with Crippen LogP contribution in [0.15, 0.2) is 41.9 Å². The maximum Gasteiger partial charge on any atom is 0.203 e. The van der Waals surface area contributed by atoms with Gasteiger partial charge in [0.05, 0.1) is 6.04 Å². The van der Waals surface area contributed by atoms with E-state index >= 15 is 0 Å². The summed E-state index contributed by atoms with van der Waals surface area (Å²) in [7, 11) is 0. The van der Waals surface area contributed by atoms with Gasteiger partial charge in [-0.1, -0.05) is 6.08 Å². The highest BCUT2D eigenvalue weighted by Crippen LogP contribution is 2.23. The van der Waals surface area contributed by atoms with Crippen molar-refractivity contribution >= 4 is 17.3 Å². The Morgan fingerprint density at radius 3 is 3.25 bits per heavy atom. The minimum Gasteiger partial charge on any atom is -0.352 e. The van der Waals surface area contributed by atoms with E-state index in [9.17, 15) is 0 Å². The molecule has 0 fully saturated rings. The second-order valence-electron chi connectivity index (χ2n) is 3.56. The quantitative estimate of drug-likeness (QED) is 0.804. The number of thiophene rings is 1. The van der Waals surface area contributed by atoms with Gasteiger partial charge in [-0.15, -0.1) is 6.58 Å². The topological polar surface area (TPSA) is 29.9 Å². The van der Waals surface area contributed by atoms with Crippen molar-refractivity contribution in [1.29, 1.82) is 0 Å². The summed E-state index contributed by atoms with van der Waals surface area (Å²) in [5.41, 5.74) is 1.31. The largest absolute Gasteiger partial charge is 0.352 e. The fraction of sp³-hybridized carbons (Fsp3) is 0.250. The van der Waals surface area contributed by atoms with Gasteiger partial charge in [0.15, 0.2) is 0 Å². The first-order valence-electron chi connectivity index (χ1n) is 5.22. The Labute approximate surface area is 99.5 Å². The average Bonchev–Trinajstić information content (AvgIpc) is 2.96. The first-order valence-corrected chi connectivity index (χ1v) is 6.17. The molecule has 0 bridgehead atoms. The van der Waals surface area contributed by atoms with Gasteiger partial charge in [-0.3, -0.25) is 0 Å². The van der Waals surface area contributed by atoms with Crippen LogP contribution in [0.3, 0.4) is 0 Å². The highest BCUT2D eigenvalue weighted by molar-refractivity contribution is 7.07. The first kappa shape index (κ1) is 11.0. The predicted octanol–water partition coefficient (Wildman–Crippen LogP) is 3.15. The van der Waals surface area contributed by atoms with Crippen LogP contribution in [0.1, 0.15) is 18.5 Å². The Bertz CT molecular complexity index is 445. The van der Waals surface area contributed by atoms with Crippen LogP contribution in [0.5, 0.6) is 0 Å². The molecule has 0 radical (unpaired) electrons. The van der Waals surface area contributed by atoms with Gasteiger partial charge in [-0.2, -0.15) is 11.3 Å². The van der Waals surface area contributed by atoms with Crippen molar-refractivity contribution < 1.29 is 0 Å². The van der Waals surface area contributed by atoms with Crippen LogP contribution in [0.25, 0.3) is 0 Å². The number of nitrogens with one attached hydrogen (secondary N) is 1. The third-order valence-electron chi connectivity index (χ3n) is 2.52. The number of anilines is 1. The van der Waals surface area contributed by atoms with E-state index in [1.165, 1.54) is 5.56 Å². The molecular formula is C12H15N3S. The lowest BCUT2D eigenvalue weighted by Gasteiger charge is -2.15. The van der Waals surface area contributed by atoms with Crippen molar-refractivity contribution in [3.63, 3.8) is 0 Å². The van der Waals surface area contributed by atoms with Gasteiger partial charge in [-0.05, 0) is 29.3 Å². The highest BCUT2D eigenvalue weighted by Gasteiger charge is 2.11. The van der Waals surface area contributed by atoms with Crippen molar-refractivity contribution in [3.8, 4) is 0 Å². The summed E-state index contributed by atoms with van der Waals surface area (Å²) in [6, 6.07) is 2.45. The number of rotatable bonds is 5. The van der Waals surface area contributed by atoms with Crippen LogP contribution < -0.4 is 5.32 Å². The Morgan fingerprint density at radius 1 is 1.69 bits per heavy atom. The second kappa shape index (κ2) is 4.99. The van der Waals surface area contributed by atoms with Crippen LogP contribution >= 0.6 is 11.3 Å². The number of hydrogen-bond donors (Lipinski definition) is 1. The monoisotopic (exact) mass is 233 g/mol. The van der Waals surface area contributed by atoms with Gasteiger partial charge < -0.3 is 9.88 Å². The molecule has 0 aromatic carbocycles. The van der Waals surface area contributed by atoms with Crippen molar-refractivity contribution in [2.24, 2.45) is 0 Å². The third-order valence-corrected chi connectivity index (χ3v) is 3.22. The van der Waals surface area contributed by atoms with Crippen LogP contribution in [0.4, 0.5) is 5.95 Å². The van der Waals surface area contributed by atoms with Gasteiger partial charge in [0.1, 0.15) is 0 Å². The molecule has 0 spiro atoms. The molecule has 0 aliphatic heterocycles. The molecule has 84 valence electrons. The van der Waals surface area contributed by atoms with E-state index in [1.54, 1.807) is 11.3 Å². The van der Waals surface area contributed by atoms with E-state index in [4.69, 9.17) is 0 Å². The zero-order chi connectivity index (χ0) is 11.4. The SMILES string of the molecule is C=CCNc1nccn1C(C)c1ccsc1. The molecule has 1 N–H and O–H groups in total. The molecule has 0 amide bonds. The number of nitrogens with zero attached hydrogens (tertiary/aromatic N) is 2. The molecule has 0 aliphatic carbocycles. The van der Waals surface area contributed by atoms with Gasteiger partial charge in [0.2, 0.25) is 5.95 Å². The summed E-state index contributed by atoms with van der Waals surface area (Å²) in [6.45, 7) is 6.59. The maximum absolute atomic E-state index is 4.29. The summed E-state index contributed by atoms with van der Waals surface area (Å²) in [5, 5.41) is 7.49. The van der Waals surface area contributed by atoms with E-state index in [0.29, 0.717) is 6.04 Å². The average molecular weight is 233 g/mol. The molecular weight excluding hydrogens is 218 g/mol. The molecule has 2 aromatic rings. The van der Waals surface area contributed by atoms with Crippen LogP contribution in [-0.4, -0.2) is 16.1 Å². The minimum atomic E-state index is 0.307. The summed E-state index contributed by atoms with van der Waals surface area (Å²) in [5.74, 6) is 0.888. The van der Waals surface area contributed by atoms with Gasteiger partial charge >= 0.3 is 0 Å². The second-order valence-corrected chi connectivity index (χ2v) is 4.34. The maximum atomic E-state index is 4.29. The molecule has 2 rings (SSSR count). The zero-order valence-electron chi connectivity index (χ0n) is 9.26. The van der Waals surface area contributed by atoms with Crippen LogP contribution in [-0.2, 0) is 0 Å². The van der Waals surface area contributed by atoms with Crippen molar-refractivity contribution in [2.75, 3.05) is 11.9 Å². The van der Waals surface area contributed by atoms with E-state index in [0.717, 1.165) is 12.5 Å². The normalized spacial score (nSPS) is 12.3. The Balaban J connectivity index is 2.20. The fourth-order valence-electron chi connectivity index (χ4n) is 1.60. The Hall–Kier alpha value is -1.55. The summed E-state index contributed by atoms with van der Waals surface area (Å²) >= 11 is 1.72. The van der Waals surface area contributed by atoms with E-state index in [2.05, 4.69) is 45.2 Å². The summed E-state index contributed by atoms with van der Waals surface area (Å²) in [4.78, 5) is 4.29. The number of hydrogen-bond acceptors (Lipinski definition) is 3. The van der Waals surface area contributed by atoms with Gasteiger partial charge in [0.25, 0.3) is 0 Å². The number of aromatic nitrogens is 2. The molecule has 0 saturated heterocycles. The van der Waals surface area contributed by atoms with E-state index in [-0.39, 0.29) is 0 Å². The van der Waals surface area contributed by atoms with E-state index in [1.807, 2.05) is 18.5 Å². The van der Waals surface area contributed by atoms with Gasteiger partial charge in [0, 0.05) is 18.9 Å². The zero-order valence-corrected chi connectivity index (χ0v) is 10.1. The predicted molar refractivity (Wildman–Crippen MR) is 69.0 cm³/mol. The van der Waals surface area contributed by atoms with Crippen LogP contribution in [0.2, 0.25) is 0 Å². The van der Waals surface area contributed by atoms with Gasteiger partial charge in [-0.25, -0.2) is 4.98 Å². The Morgan fingerprint density at radius 2 is 2.56 bits per heavy atom. The molecule has 2 heterocycles. The first-order chi connectivity index (χ1) is 7.83. The molecule has 1 atom stereocenters. The highest BCUT2D eigenvalue weighted by atomic mass is 32.1. The van der Waals surface area contributed by atoms with Crippen molar-refractivity contribution in [1.82, 2.24) is 9.55 Å². The van der Waals surface area contributed by atoms with Crippen LogP contribution in [0, 0.1) is 0 Å². The minimum absolute atomic E-state index is 0.307. The van der Waals surface area contributed by atoms with E-state index < -0.39 is 0 Å². The lowest BCUT2D eigenvalue weighted by atomic mass is 10.2.